The Morgan fingerprint density at radius 1 is 1.15 bits per heavy atom. The van der Waals surface area contributed by atoms with E-state index in [0.29, 0.717) is 12.1 Å². The molecule has 1 amide bonds. The highest BCUT2D eigenvalue weighted by Gasteiger charge is 2.21. The SMILES string of the molecule is CCCCNC(=O)c1cc(-c2csc(-c3ccc(OC)cc3)n2)n(Cc2sccc2C)c1C. The fourth-order valence-electron chi connectivity index (χ4n) is 3.73. The second-order valence-corrected chi connectivity index (χ2v) is 9.88. The number of hydrogen-bond donors (Lipinski definition) is 1. The van der Waals surface area contributed by atoms with E-state index in [2.05, 4.69) is 40.6 Å². The van der Waals surface area contributed by atoms with E-state index in [-0.39, 0.29) is 5.91 Å². The van der Waals surface area contributed by atoms with Gasteiger partial charge < -0.3 is 14.6 Å². The maximum Gasteiger partial charge on any atom is 0.253 e. The van der Waals surface area contributed by atoms with Gasteiger partial charge in [0.2, 0.25) is 0 Å². The minimum atomic E-state index is -0.0190. The fourth-order valence-corrected chi connectivity index (χ4v) is 5.45. The van der Waals surface area contributed by atoms with Crippen molar-refractivity contribution in [2.75, 3.05) is 13.7 Å². The van der Waals surface area contributed by atoms with E-state index in [0.717, 1.165) is 52.8 Å². The number of amides is 1. The van der Waals surface area contributed by atoms with Crippen LogP contribution in [0.4, 0.5) is 0 Å². The molecule has 4 aromatic rings. The average Bonchev–Trinajstić information content (AvgIpc) is 3.54. The summed E-state index contributed by atoms with van der Waals surface area (Å²) in [4.78, 5) is 19.2. The van der Waals surface area contributed by atoms with E-state index >= 15 is 0 Å². The van der Waals surface area contributed by atoms with Crippen LogP contribution < -0.4 is 10.1 Å². The molecule has 0 unspecified atom stereocenters. The lowest BCUT2D eigenvalue weighted by atomic mass is 10.2. The lowest BCUT2D eigenvalue weighted by molar-refractivity contribution is 0.0952. The molecule has 33 heavy (non-hydrogen) atoms. The largest absolute Gasteiger partial charge is 0.497 e. The third-order valence-electron chi connectivity index (χ3n) is 5.80. The Labute approximate surface area is 203 Å². The summed E-state index contributed by atoms with van der Waals surface area (Å²) in [5.41, 5.74) is 5.85. The first-order valence-electron chi connectivity index (χ1n) is 11.1. The van der Waals surface area contributed by atoms with Gasteiger partial charge in [0.1, 0.15) is 10.8 Å². The topological polar surface area (TPSA) is 56.1 Å². The molecule has 172 valence electrons. The van der Waals surface area contributed by atoms with Crippen LogP contribution in [0.1, 0.15) is 46.3 Å². The predicted molar refractivity (Wildman–Crippen MR) is 138 cm³/mol. The van der Waals surface area contributed by atoms with E-state index in [1.807, 2.05) is 37.3 Å². The molecule has 0 atom stereocenters. The highest BCUT2D eigenvalue weighted by molar-refractivity contribution is 7.13. The highest BCUT2D eigenvalue weighted by atomic mass is 32.1. The summed E-state index contributed by atoms with van der Waals surface area (Å²) in [6.45, 7) is 7.70. The van der Waals surface area contributed by atoms with Crippen molar-refractivity contribution < 1.29 is 9.53 Å². The van der Waals surface area contributed by atoms with Crippen molar-refractivity contribution in [3.05, 3.63) is 68.9 Å². The molecule has 0 aliphatic carbocycles. The summed E-state index contributed by atoms with van der Waals surface area (Å²) < 4.78 is 7.49. The molecule has 1 N–H and O–H groups in total. The number of nitrogens with zero attached hydrogens (tertiary/aromatic N) is 2. The van der Waals surface area contributed by atoms with Crippen LogP contribution in [-0.4, -0.2) is 29.1 Å². The number of aryl methyl sites for hydroxylation is 1. The van der Waals surface area contributed by atoms with Gasteiger partial charge >= 0.3 is 0 Å². The Morgan fingerprint density at radius 2 is 1.94 bits per heavy atom. The number of benzene rings is 1. The van der Waals surface area contributed by atoms with Gasteiger partial charge in [-0.3, -0.25) is 4.79 Å². The molecular formula is C26H29N3O2S2. The number of methoxy groups -OCH3 is 1. The number of carbonyl (C=O) groups is 1. The van der Waals surface area contributed by atoms with Gasteiger partial charge in [-0.2, -0.15) is 0 Å². The van der Waals surface area contributed by atoms with Gasteiger partial charge in [0.25, 0.3) is 5.91 Å². The molecule has 0 fully saturated rings. The van der Waals surface area contributed by atoms with Crippen molar-refractivity contribution in [2.24, 2.45) is 0 Å². The number of nitrogens with one attached hydrogen (secondary N) is 1. The number of hydrogen-bond acceptors (Lipinski definition) is 5. The number of aromatic nitrogens is 2. The van der Waals surface area contributed by atoms with Crippen molar-refractivity contribution in [1.82, 2.24) is 14.9 Å². The number of ether oxygens (including phenoxy) is 1. The number of thiazole rings is 1. The zero-order valence-corrected chi connectivity index (χ0v) is 21.1. The molecule has 7 heteroatoms. The maximum absolute atomic E-state index is 12.9. The quantitative estimate of drug-likeness (QED) is 0.277. The lowest BCUT2D eigenvalue weighted by Gasteiger charge is -2.11. The maximum atomic E-state index is 12.9. The van der Waals surface area contributed by atoms with Gasteiger partial charge in [0.15, 0.2) is 0 Å². The van der Waals surface area contributed by atoms with Crippen LogP contribution in [0.5, 0.6) is 5.75 Å². The summed E-state index contributed by atoms with van der Waals surface area (Å²) >= 11 is 3.35. The molecule has 3 heterocycles. The Morgan fingerprint density at radius 3 is 2.61 bits per heavy atom. The van der Waals surface area contributed by atoms with Crippen molar-refractivity contribution in [1.29, 1.82) is 0 Å². The smallest absolute Gasteiger partial charge is 0.253 e. The molecule has 0 bridgehead atoms. The van der Waals surface area contributed by atoms with E-state index in [4.69, 9.17) is 9.72 Å². The molecule has 1 aromatic carbocycles. The van der Waals surface area contributed by atoms with Gasteiger partial charge in [0.05, 0.1) is 30.6 Å². The Balaban J connectivity index is 1.71. The molecule has 0 saturated heterocycles. The Hall–Kier alpha value is -2.90. The first-order valence-corrected chi connectivity index (χ1v) is 12.9. The molecule has 0 spiro atoms. The fraction of sp³-hybridized carbons (Fsp3) is 0.308. The molecule has 4 rings (SSSR count). The molecule has 3 aromatic heterocycles. The van der Waals surface area contributed by atoms with Crippen LogP contribution in [0, 0.1) is 13.8 Å². The Bertz CT molecular complexity index is 1230. The van der Waals surface area contributed by atoms with Crippen molar-refractivity contribution in [3.63, 3.8) is 0 Å². The highest BCUT2D eigenvalue weighted by Crippen LogP contribution is 2.33. The van der Waals surface area contributed by atoms with E-state index in [9.17, 15) is 4.79 Å². The molecule has 0 saturated carbocycles. The zero-order valence-electron chi connectivity index (χ0n) is 19.5. The zero-order chi connectivity index (χ0) is 23.4. The van der Waals surface area contributed by atoms with Gasteiger partial charge in [-0.05, 0) is 67.6 Å². The summed E-state index contributed by atoms with van der Waals surface area (Å²) in [5.74, 6) is 0.805. The molecule has 0 radical (unpaired) electrons. The van der Waals surface area contributed by atoms with Crippen molar-refractivity contribution in [2.45, 2.75) is 40.2 Å². The molecule has 5 nitrogen and oxygen atoms in total. The monoisotopic (exact) mass is 479 g/mol. The van der Waals surface area contributed by atoms with Crippen LogP contribution in [0.2, 0.25) is 0 Å². The first-order chi connectivity index (χ1) is 16.0. The van der Waals surface area contributed by atoms with Gasteiger partial charge in [-0.15, -0.1) is 22.7 Å². The predicted octanol–water partition coefficient (Wildman–Crippen LogP) is 6.54. The van der Waals surface area contributed by atoms with Crippen LogP contribution >= 0.6 is 22.7 Å². The molecule has 0 aliphatic rings. The van der Waals surface area contributed by atoms with Crippen LogP contribution in [0.25, 0.3) is 22.0 Å². The summed E-state index contributed by atoms with van der Waals surface area (Å²) in [6, 6.07) is 12.1. The molecule has 0 aliphatic heterocycles. The number of unbranched alkanes of at least 4 members (excludes halogenated alkanes) is 1. The summed E-state index contributed by atoms with van der Waals surface area (Å²) in [7, 11) is 1.66. The number of carbonyl (C=O) groups excluding carboxylic acids is 1. The minimum Gasteiger partial charge on any atom is -0.497 e. The standard InChI is InChI=1S/C26H29N3O2S2/c1-5-6-12-27-25(30)21-14-23(29(18(21)3)15-24-17(2)11-13-32-24)22-16-33-26(28-22)19-7-9-20(31-4)10-8-19/h7-11,13-14,16H,5-6,12,15H2,1-4H3,(H,27,30). The van der Waals surface area contributed by atoms with Gasteiger partial charge in [-0.25, -0.2) is 4.98 Å². The summed E-state index contributed by atoms with van der Waals surface area (Å²) in [5, 5.41) is 8.20. The Kier molecular flexibility index (Phi) is 7.30. The van der Waals surface area contributed by atoms with E-state index in [1.165, 1.54) is 10.4 Å². The van der Waals surface area contributed by atoms with Crippen molar-refractivity contribution in [3.8, 4) is 27.7 Å². The lowest BCUT2D eigenvalue weighted by Crippen LogP contribution is -2.24. The summed E-state index contributed by atoms with van der Waals surface area (Å²) in [6.07, 6.45) is 2.03. The third kappa shape index (κ3) is 5.04. The minimum absolute atomic E-state index is 0.0190. The first kappa shape index (κ1) is 23.3. The van der Waals surface area contributed by atoms with Gasteiger partial charge in [0, 0.05) is 28.1 Å². The van der Waals surface area contributed by atoms with Crippen molar-refractivity contribution >= 4 is 28.6 Å². The average molecular weight is 480 g/mol. The van der Waals surface area contributed by atoms with Crippen LogP contribution in [0.15, 0.2) is 47.2 Å². The third-order valence-corrected chi connectivity index (χ3v) is 7.70. The van der Waals surface area contributed by atoms with Crippen LogP contribution in [-0.2, 0) is 6.54 Å². The normalized spacial score (nSPS) is 11.0. The van der Waals surface area contributed by atoms with Crippen LogP contribution in [0.3, 0.4) is 0 Å². The second-order valence-electron chi connectivity index (χ2n) is 8.02. The van der Waals surface area contributed by atoms with Gasteiger partial charge in [-0.1, -0.05) is 13.3 Å². The number of thiophene rings is 1. The van der Waals surface area contributed by atoms with E-state index < -0.39 is 0 Å². The second kappa shape index (κ2) is 10.4. The number of rotatable bonds is 9. The molecular weight excluding hydrogens is 450 g/mol. The van der Waals surface area contributed by atoms with E-state index in [1.54, 1.807) is 29.8 Å².